The van der Waals surface area contributed by atoms with Crippen molar-refractivity contribution in [3.63, 3.8) is 0 Å². The topological polar surface area (TPSA) is 96.3 Å². The number of hydrogen-bond acceptors (Lipinski definition) is 4. The van der Waals surface area contributed by atoms with Crippen LogP contribution in [-0.4, -0.2) is 43.8 Å². The molecule has 1 aliphatic carbocycles. The van der Waals surface area contributed by atoms with Gasteiger partial charge in [-0.2, -0.15) is 0 Å². The third kappa shape index (κ3) is 4.36. The smallest absolute Gasteiger partial charge is 0.276 e. The molecule has 1 atom stereocenters. The highest BCUT2D eigenvalue weighted by Gasteiger charge is 2.53. The van der Waals surface area contributed by atoms with Gasteiger partial charge in [0.1, 0.15) is 17.1 Å². The minimum atomic E-state index is -1.16. The summed E-state index contributed by atoms with van der Waals surface area (Å²) in [6.07, 6.45) is 3.87. The zero-order chi connectivity index (χ0) is 25.4. The van der Waals surface area contributed by atoms with Crippen molar-refractivity contribution in [1.82, 2.24) is 19.8 Å². The van der Waals surface area contributed by atoms with Gasteiger partial charge in [0.05, 0.1) is 12.9 Å². The number of aromatic nitrogens is 2. The number of carbonyl (C=O) groups is 3. The van der Waals surface area contributed by atoms with Gasteiger partial charge >= 0.3 is 0 Å². The van der Waals surface area contributed by atoms with E-state index in [1.165, 1.54) is 18.5 Å². The number of carbonyl (C=O) groups excluding carboxylic acids is 3. The summed E-state index contributed by atoms with van der Waals surface area (Å²) >= 11 is 0. The first-order valence-corrected chi connectivity index (χ1v) is 12.1. The second-order valence-corrected chi connectivity index (χ2v) is 9.57. The van der Waals surface area contributed by atoms with Crippen LogP contribution in [0.2, 0.25) is 0 Å². The highest BCUT2D eigenvalue weighted by Crippen LogP contribution is 2.39. The van der Waals surface area contributed by atoms with Crippen molar-refractivity contribution in [1.29, 1.82) is 0 Å². The molecule has 0 saturated heterocycles. The van der Waals surface area contributed by atoms with Crippen LogP contribution in [0.25, 0.3) is 0 Å². The van der Waals surface area contributed by atoms with Crippen LogP contribution in [0.15, 0.2) is 54.9 Å². The lowest BCUT2D eigenvalue weighted by Crippen LogP contribution is -2.64. The van der Waals surface area contributed by atoms with Gasteiger partial charge in [0, 0.05) is 18.3 Å². The summed E-state index contributed by atoms with van der Waals surface area (Å²) < 4.78 is 14.8. The number of anilines is 1. The van der Waals surface area contributed by atoms with Gasteiger partial charge in [-0.15, -0.1) is 0 Å². The van der Waals surface area contributed by atoms with E-state index in [0.29, 0.717) is 5.69 Å². The average molecular weight is 490 g/mol. The number of hydrogen-bond donors (Lipinski definition) is 2. The van der Waals surface area contributed by atoms with E-state index in [1.807, 2.05) is 25.1 Å². The maximum Gasteiger partial charge on any atom is 0.276 e. The molecule has 9 heteroatoms. The number of aryl methyl sites for hydroxylation is 1. The molecule has 1 saturated carbocycles. The Morgan fingerprint density at radius 2 is 1.89 bits per heavy atom. The molecule has 1 aliphatic heterocycles. The van der Waals surface area contributed by atoms with Gasteiger partial charge in [-0.25, -0.2) is 9.37 Å². The van der Waals surface area contributed by atoms with E-state index < -0.39 is 11.4 Å². The fourth-order valence-corrected chi connectivity index (χ4v) is 4.76. The van der Waals surface area contributed by atoms with E-state index in [2.05, 4.69) is 15.6 Å². The zero-order valence-corrected chi connectivity index (χ0v) is 20.3. The zero-order valence-electron chi connectivity index (χ0n) is 20.3. The monoisotopic (exact) mass is 489 g/mol. The molecule has 0 unspecified atom stereocenters. The van der Waals surface area contributed by atoms with E-state index in [4.69, 9.17) is 0 Å². The van der Waals surface area contributed by atoms with Crippen molar-refractivity contribution in [3.05, 3.63) is 83.2 Å². The average Bonchev–Trinajstić information content (AvgIpc) is 3.61. The summed E-state index contributed by atoms with van der Waals surface area (Å²) in [6, 6.07) is 13.4. The Labute approximate surface area is 208 Å². The first-order chi connectivity index (χ1) is 17.3. The molecule has 186 valence electrons. The Morgan fingerprint density at radius 3 is 2.58 bits per heavy atom. The van der Waals surface area contributed by atoms with Gasteiger partial charge in [-0.1, -0.05) is 31.2 Å². The van der Waals surface area contributed by atoms with Crippen molar-refractivity contribution < 1.29 is 18.8 Å². The van der Waals surface area contributed by atoms with Crippen LogP contribution in [0.1, 0.15) is 58.8 Å². The summed E-state index contributed by atoms with van der Waals surface area (Å²) in [5.41, 5.74) is 1.54. The number of rotatable bonds is 7. The molecule has 8 nitrogen and oxygen atoms in total. The predicted octanol–water partition coefficient (Wildman–Crippen LogP) is 3.53. The second kappa shape index (κ2) is 9.22. The molecule has 3 aromatic rings. The van der Waals surface area contributed by atoms with Crippen LogP contribution in [0, 0.1) is 5.82 Å². The van der Waals surface area contributed by atoms with Crippen LogP contribution < -0.4 is 10.6 Å². The largest absolute Gasteiger partial charge is 0.350 e. The Kier molecular flexibility index (Phi) is 6.07. The molecule has 3 amide bonds. The SMILES string of the molecule is CCc1cccc(NC(=O)c2ncn3c2C(=O)N(C2CC2)[C@](C)(C(=O)NCc2ccc(F)cc2)C3)c1. The first-order valence-electron chi connectivity index (χ1n) is 12.1. The van der Waals surface area contributed by atoms with Crippen LogP contribution >= 0.6 is 0 Å². The lowest BCUT2D eigenvalue weighted by molar-refractivity contribution is -0.133. The van der Waals surface area contributed by atoms with Crippen LogP contribution in [0.4, 0.5) is 10.1 Å². The van der Waals surface area contributed by atoms with Crippen molar-refractivity contribution in [2.45, 2.75) is 57.8 Å². The number of nitrogens with one attached hydrogen (secondary N) is 2. The highest BCUT2D eigenvalue weighted by atomic mass is 19.1. The van der Waals surface area contributed by atoms with Crippen LogP contribution in [0.5, 0.6) is 0 Å². The summed E-state index contributed by atoms with van der Waals surface area (Å²) in [4.78, 5) is 46.1. The van der Waals surface area contributed by atoms with Gasteiger partial charge in [0.2, 0.25) is 5.91 Å². The fourth-order valence-electron chi connectivity index (χ4n) is 4.76. The number of fused-ring (bicyclic) bond motifs is 1. The lowest BCUT2D eigenvalue weighted by Gasteiger charge is -2.44. The summed E-state index contributed by atoms with van der Waals surface area (Å²) in [7, 11) is 0. The van der Waals surface area contributed by atoms with Crippen LogP contribution in [-0.2, 0) is 24.3 Å². The molecule has 36 heavy (non-hydrogen) atoms. The van der Waals surface area contributed by atoms with Gasteiger partial charge in [-0.05, 0) is 61.6 Å². The van der Waals surface area contributed by atoms with Gasteiger partial charge in [-0.3, -0.25) is 14.4 Å². The lowest BCUT2D eigenvalue weighted by atomic mass is 9.93. The molecule has 1 fully saturated rings. The Morgan fingerprint density at radius 1 is 1.14 bits per heavy atom. The molecule has 2 aliphatic rings. The van der Waals surface area contributed by atoms with E-state index in [-0.39, 0.29) is 48.2 Å². The fraction of sp³-hybridized carbons (Fsp3) is 0.333. The molecule has 2 aromatic carbocycles. The highest BCUT2D eigenvalue weighted by molar-refractivity contribution is 6.11. The van der Waals surface area contributed by atoms with E-state index in [9.17, 15) is 18.8 Å². The molecule has 1 aromatic heterocycles. The predicted molar refractivity (Wildman–Crippen MR) is 132 cm³/mol. The summed E-state index contributed by atoms with van der Waals surface area (Å²) in [5, 5.41) is 5.74. The number of imidazole rings is 1. The minimum Gasteiger partial charge on any atom is -0.350 e. The normalized spacial score (nSPS) is 19.1. The number of nitrogens with zero attached hydrogens (tertiary/aromatic N) is 3. The number of benzene rings is 2. The molecule has 0 spiro atoms. The second-order valence-electron chi connectivity index (χ2n) is 9.57. The Hall–Kier alpha value is -4.01. The maximum atomic E-state index is 13.7. The number of amides is 3. The molecular formula is C27H28FN5O3. The minimum absolute atomic E-state index is 0.0429. The Balaban J connectivity index is 1.39. The summed E-state index contributed by atoms with van der Waals surface area (Å²) in [6.45, 7) is 4.15. The molecule has 0 radical (unpaired) electrons. The van der Waals surface area contributed by atoms with E-state index >= 15 is 0 Å². The van der Waals surface area contributed by atoms with Gasteiger partial charge < -0.3 is 20.1 Å². The van der Waals surface area contributed by atoms with E-state index in [1.54, 1.807) is 34.6 Å². The standard InChI is InChI=1S/C27H28FN5O3/c1-3-17-5-4-6-20(13-17)31-24(34)22-23-25(35)33(21-11-12-21)27(2,15-32(23)16-30-22)26(36)29-14-18-7-9-19(28)10-8-18/h4-10,13,16,21H,3,11-12,14-15H2,1-2H3,(H,29,36)(H,31,34)/t27-/m0/s1. The van der Waals surface area contributed by atoms with Crippen LogP contribution in [0.3, 0.4) is 0 Å². The molecule has 5 rings (SSSR count). The van der Waals surface area contributed by atoms with Crippen molar-refractivity contribution in [2.24, 2.45) is 0 Å². The third-order valence-electron chi connectivity index (χ3n) is 6.84. The van der Waals surface area contributed by atoms with Crippen molar-refractivity contribution >= 4 is 23.4 Å². The molecule has 2 N–H and O–H groups in total. The molecule has 0 bridgehead atoms. The van der Waals surface area contributed by atoms with Crippen molar-refractivity contribution in [3.8, 4) is 0 Å². The molecular weight excluding hydrogens is 461 g/mol. The summed E-state index contributed by atoms with van der Waals surface area (Å²) in [5.74, 6) is -1.51. The molecule has 2 heterocycles. The number of halogens is 1. The third-order valence-corrected chi connectivity index (χ3v) is 6.84. The maximum absolute atomic E-state index is 13.7. The quantitative estimate of drug-likeness (QED) is 0.531. The Bertz CT molecular complexity index is 1330. The van der Waals surface area contributed by atoms with Gasteiger partial charge in [0.25, 0.3) is 11.8 Å². The van der Waals surface area contributed by atoms with Crippen molar-refractivity contribution in [2.75, 3.05) is 5.32 Å². The first kappa shape index (κ1) is 23.7. The van der Waals surface area contributed by atoms with E-state index in [0.717, 1.165) is 30.4 Å². The van der Waals surface area contributed by atoms with Gasteiger partial charge in [0.15, 0.2) is 5.69 Å².